The second kappa shape index (κ2) is 7.91. The molecule has 1 fully saturated rings. The number of hydrogen-bond acceptors (Lipinski definition) is 5. The third-order valence-electron chi connectivity index (χ3n) is 5.31. The van der Waals surface area contributed by atoms with Gasteiger partial charge in [-0.3, -0.25) is 4.79 Å². The highest BCUT2D eigenvalue weighted by Gasteiger charge is 2.33. The fourth-order valence-corrected chi connectivity index (χ4v) is 3.95. The molecule has 0 saturated carbocycles. The van der Waals surface area contributed by atoms with Crippen LogP contribution >= 0.6 is 11.6 Å². The molecule has 0 unspecified atom stereocenters. The molecule has 2 heterocycles. The maximum Gasteiger partial charge on any atom is 0.295 e. The molecule has 1 N–H and O–H groups in total. The van der Waals surface area contributed by atoms with Crippen LogP contribution in [0, 0.1) is 5.82 Å². The van der Waals surface area contributed by atoms with Gasteiger partial charge in [0.2, 0.25) is 0 Å². The number of amides is 1. The number of nitrogens with zero attached hydrogens (tertiary/aromatic N) is 2. The molecule has 1 aliphatic heterocycles. The number of carbonyl (C=O) groups excluding carboxylic acids is 1. The van der Waals surface area contributed by atoms with Gasteiger partial charge in [0.15, 0.2) is 17.1 Å². The zero-order chi connectivity index (χ0) is 20.5. The summed E-state index contributed by atoms with van der Waals surface area (Å²) in [5.74, 6) is -0.844. The van der Waals surface area contributed by atoms with E-state index in [4.69, 9.17) is 20.8 Å². The van der Waals surface area contributed by atoms with Crippen molar-refractivity contribution in [1.82, 2.24) is 9.88 Å². The number of carbonyl (C=O) groups is 1. The Hall–Kier alpha value is -2.80. The van der Waals surface area contributed by atoms with Crippen LogP contribution in [0.1, 0.15) is 30.1 Å². The second-order valence-electron chi connectivity index (χ2n) is 7.08. The zero-order valence-electron chi connectivity index (χ0n) is 16.1. The Kier molecular flexibility index (Phi) is 5.32. The molecule has 8 heteroatoms. The molecule has 1 saturated heterocycles. The van der Waals surface area contributed by atoms with Crippen LogP contribution in [0.5, 0.6) is 5.75 Å². The minimum atomic E-state index is -0.553. The summed E-state index contributed by atoms with van der Waals surface area (Å²) in [7, 11) is 1.36. The number of methoxy groups -OCH3 is 1. The predicted molar refractivity (Wildman–Crippen MR) is 109 cm³/mol. The first-order valence-electron chi connectivity index (χ1n) is 9.44. The number of nitrogens with one attached hydrogen (secondary N) is 1. The van der Waals surface area contributed by atoms with Crippen molar-refractivity contribution in [3.63, 3.8) is 0 Å². The van der Waals surface area contributed by atoms with Gasteiger partial charge in [-0.05, 0) is 50.1 Å². The lowest BCUT2D eigenvalue weighted by Gasteiger charge is -2.39. The number of fused-ring (bicyclic) bond motifs is 1. The molecule has 1 aromatic heterocycles. The summed E-state index contributed by atoms with van der Waals surface area (Å²) >= 11 is 6.01. The molecule has 6 nitrogen and oxygen atoms in total. The van der Waals surface area contributed by atoms with Crippen molar-refractivity contribution in [2.75, 3.05) is 19.0 Å². The Morgan fingerprint density at radius 1 is 1.38 bits per heavy atom. The molecule has 1 amide bonds. The van der Waals surface area contributed by atoms with Crippen LogP contribution in [-0.4, -0.2) is 41.5 Å². The molecular weight excluding hydrogens is 397 g/mol. The monoisotopic (exact) mass is 417 g/mol. The maximum absolute atomic E-state index is 14.0. The van der Waals surface area contributed by atoms with Gasteiger partial charge in [0.05, 0.1) is 18.7 Å². The van der Waals surface area contributed by atoms with Crippen molar-refractivity contribution in [2.24, 2.45) is 0 Å². The van der Waals surface area contributed by atoms with E-state index in [1.54, 1.807) is 29.2 Å². The van der Waals surface area contributed by atoms with E-state index in [0.29, 0.717) is 28.7 Å². The van der Waals surface area contributed by atoms with Crippen LogP contribution in [-0.2, 0) is 0 Å². The van der Waals surface area contributed by atoms with E-state index in [1.165, 1.54) is 19.2 Å². The van der Waals surface area contributed by atoms with Crippen LogP contribution in [0.2, 0.25) is 5.02 Å². The lowest BCUT2D eigenvalue weighted by atomic mass is 9.96. The number of piperidine rings is 1. The molecular formula is C21H21ClFN3O3. The number of benzene rings is 2. The van der Waals surface area contributed by atoms with Gasteiger partial charge in [0, 0.05) is 17.6 Å². The van der Waals surface area contributed by atoms with Crippen LogP contribution in [0.3, 0.4) is 0 Å². The van der Waals surface area contributed by atoms with Gasteiger partial charge in [-0.25, -0.2) is 4.39 Å². The maximum atomic E-state index is 14.0. The predicted octanol–water partition coefficient (Wildman–Crippen LogP) is 4.73. The minimum absolute atomic E-state index is 0.0318. The van der Waals surface area contributed by atoms with Gasteiger partial charge < -0.3 is 19.4 Å². The summed E-state index contributed by atoms with van der Waals surface area (Å²) < 4.78 is 24.9. The largest absolute Gasteiger partial charge is 0.493 e. The van der Waals surface area contributed by atoms with Crippen molar-refractivity contribution in [3.05, 3.63) is 52.8 Å². The number of oxazole rings is 1. The van der Waals surface area contributed by atoms with Gasteiger partial charge in [-0.15, -0.1) is 0 Å². The summed E-state index contributed by atoms with van der Waals surface area (Å²) in [6.07, 6.45) is 1.65. The van der Waals surface area contributed by atoms with Crippen molar-refractivity contribution < 1.29 is 18.3 Å². The summed E-state index contributed by atoms with van der Waals surface area (Å²) in [6.45, 7) is 2.54. The van der Waals surface area contributed by atoms with Crippen molar-refractivity contribution >= 4 is 34.6 Å². The molecule has 2 aromatic carbocycles. The Morgan fingerprint density at radius 2 is 2.21 bits per heavy atom. The lowest BCUT2D eigenvalue weighted by molar-refractivity contribution is 0.0611. The van der Waals surface area contributed by atoms with Crippen molar-refractivity contribution in [3.8, 4) is 5.75 Å². The van der Waals surface area contributed by atoms with Crippen LogP contribution in [0.15, 0.2) is 40.8 Å². The first-order chi connectivity index (χ1) is 14.0. The number of hydrogen-bond donors (Lipinski definition) is 1. The summed E-state index contributed by atoms with van der Waals surface area (Å²) in [4.78, 5) is 19.3. The molecule has 4 rings (SSSR count). The highest BCUT2D eigenvalue weighted by atomic mass is 35.5. The van der Waals surface area contributed by atoms with E-state index in [2.05, 4.69) is 10.3 Å². The number of ether oxygens (including phenoxy) is 1. The van der Waals surface area contributed by atoms with Crippen molar-refractivity contribution in [2.45, 2.75) is 31.8 Å². The molecule has 0 aliphatic carbocycles. The van der Waals surface area contributed by atoms with Crippen LogP contribution in [0.4, 0.5) is 10.4 Å². The van der Waals surface area contributed by atoms with E-state index in [9.17, 15) is 9.18 Å². The zero-order valence-corrected chi connectivity index (χ0v) is 16.9. The number of anilines is 1. The van der Waals surface area contributed by atoms with Crippen molar-refractivity contribution in [1.29, 1.82) is 0 Å². The van der Waals surface area contributed by atoms with Crippen LogP contribution in [0.25, 0.3) is 11.1 Å². The first kappa shape index (κ1) is 19.5. The van der Waals surface area contributed by atoms with Gasteiger partial charge >= 0.3 is 0 Å². The molecule has 1 aliphatic rings. The minimum Gasteiger partial charge on any atom is -0.493 e. The highest BCUT2D eigenvalue weighted by molar-refractivity contribution is 6.31. The van der Waals surface area contributed by atoms with E-state index in [1.807, 2.05) is 6.92 Å². The molecule has 29 heavy (non-hydrogen) atoms. The molecule has 3 aromatic rings. The molecule has 2 atom stereocenters. The fraction of sp³-hybridized carbons (Fsp3) is 0.333. The third-order valence-corrected chi connectivity index (χ3v) is 5.54. The lowest BCUT2D eigenvalue weighted by Crippen LogP contribution is -2.52. The van der Waals surface area contributed by atoms with Gasteiger partial charge in [-0.2, -0.15) is 4.98 Å². The summed E-state index contributed by atoms with van der Waals surface area (Å²) in [6, 6.07) is 9.80. The van der Waals surface area contributed by atoms with E-state index in [-0.39, 0.29) is 29.3 Å². The normalized spacial score (nSPS) is 19.4. The van der Waals surface area contributed by atoms with E-state index < -0.39 is 5.82 Å². The molecule has 0 bridgehead atoms. The van der Waals surface area contributed by atoms with E-state index >= 15 is 0 Å². The Morgan fingerprint density at radius 3 is 3.00 bits per heavy atom. The Bertz CT molecular complexity index is 1050. The first-order valence-corrected chi connectivity index (χ1v) is 9.82. The average molecular weight is 418 g/mol. The Labute approximate surface area is 172 Å². The fourth-order valence-electron chi connectivity index (χ4n) is 3.78. The topological polar surface area (TPSA) is 67.6 Å². The molecule has 152 valence electrons. The highest BCUT2D eigenvalue weighted by Crippen LogP contribution is 2.29. The summed E-state index contributed by atoms with van der Waals surface area (Å²) in [5.41, 5.74) is 1.52. The number of halogens is 2. The molecule has 0 spiro atoms. The quantitative estimate of drug-likeness (QED) is 0.664. The number of aromatic nitrogens is 1. The van der Waals surface area contributed by atoms with E-state index in [0.717, 1.165) is 12.8 Å². The van der Waals surface area contributed by atoms with Gasteiger partial charge in [0.1, 0.15) is 5.52 Å². The average Bonchev–Trinajstić information content (AvgIpc) is 3.10. The number of likely N-dealkylation sites (tertiary alicyclic amines) is 1. The smallest absolute Gasteiger partial charge is 0.295 e. The second-order valence-corrected chi connectivity index (χ2v) is 7.52. The van der Waals surface area contributed by atoms with Gasteiger partial charge in [-0.1, -0.05) is 17.7 Å². The summed E-state index contributed by atoms with van der Waals surface area (Å²) in [5, 5.41) is 3.88. The molecule has 0 radical (unpaired) electrons. The SMILES string of the molecule is COc1c(F)cccc1C(=O)N1CCC[C@@H](Nc2nc3cc(Cl)ccc3o2)[C@@H]1C. The number of para-hydroxylation sites is 1. The Balaban J connectivity index is 1.55. The number of rotatable bonds is 4. The standard InChI is InChI=1S/C21H21ClFN3O3/c1-12-16(24-21-25-17-11-13(22)8-9-18(17)29-21)7-4-10-26(12)20(27)14-5-3-6-15(23)19(14)28-2/h3,5-6,8-9,11-12,16H,4,7,10H2,1-2H3,(H,24,25)/t12-,16+/m0/s1. The van der Waals surface area contributed by atoms with Gasteiger partial charge in [0.25, 0.3) is 11.9 Å². The van der Waals surface area contributed by atoms with Crippen LogP contribution < -0.4 is 10.1 Å². The third kappa shape index (κ3) is 3.74.